The van der Waals surface area contributed by atoms with Gasteiger partial charge in [0.2, 0.25) is 0 Å². The molecule has 0 aromatic heterocycles. The Labute approximate surface area is 114 Å². The molecule has 2 rings (SSSR count). The van der Waals surface area contributed by atoms with Crippen molar-refractivity contribution in [1.82, 2.24) is 4.90 Å². The van der Waals surface area contributed by atoms with Crippen LogP contribution >= 0.6 is 0 Å². The molecule has 1 amide bonds. The smallest absolute Gasteiger partial charge is 0.253 e. The Morgan fingerprint density at radius 1 is 1.53 bits per heavy atom. The van der Waals surface area contributed by atoms with Gasteiger partial charge in [-0.3, -0.25) is 4.79 Å². The number of benzene rings is 1. The summed E-state index contributed by atoms with van der Waals surface area (Å²) in [5, 5.41) is 0. The van der Waals surface area contributed by atoms with Crippen molar-refractivity contribution in [3.05, 3.63) is 29.3 Å². The molecule has 1 aromatic carbocycles. The zero-order valence-electron chi connectivity index (χ0n) is 11.7. The number of nitrogens with two attached hydrogens (primary N) is 1. The molecule has 0 aliphatic carbocycles. The van der Waals surface area contributed by atoms with E-state index in [1.807, 2.05) is 26.1 Å². The van der Waals surface area contributed by atoms with Gasteiger partial charge in [-0.2, -0.15) is 0 Å². The standard InChI is InChI=1S/C15H22N2O2/c1-11-5-6-13(8-14(11)16)15(18)17(2)9-12-4-3-7-19-10-12/h5-6,8,12H,3-4,7,9-10,16H2,1-2H3. The molecule has 1 saturated heterocycles. The summed E-state index contributed by atoms with van der Waals surface area (Å²) in [7, 11) is 1.84. The van der Waals surface area contributed by atoms with E-state index in [1.165, 1.54) is 0 Å². The van der Waals surface area contributed by atoms with Crippen LogP contribution in [0, 0.1) is 12.8 Å². The summed E-state index contributed by atoms with van der Waals surface area (Å²) in [6, 6.07) is 5.48. The summed E-state index contributed by atoms with van der Waals surface area (Å²) in [6.45, 7) is 4.29. The van der Waals surface area contributed by atoms with E-state index in [4.69, 9.17) is 10.5 Å². The summed E-state index contributed by atoms with van der Waals surface area (Å²) in [5.74, 6) is 0.475. The summed E-state index contributed by atoms with van der Waals surface area (Å²) < 4.78 is 5.45. The van der Waals surface area contributed by atoms with Crippen LogP contribution < -0.4 is 5.73 Å². The maximum atomic E-state index is 12.3. The fourth-order valence-electron chi connectivity index (χ4n) is 2.42. The normalized spacial score (nSPS) is 19.2. The van der Waals surface area contributed by atoms with Gasteiger partial charge in [-0.1, -0.05) is 6.07 Å². The quantitative estimate of drug-likeness (QED) is 0.848. The van der Waals surface area contributed by atoms with Gasteiger partial charge < -0.3 is 15.4 Å². The van der Waals surface area contributed by atoms with Crippen LogP contribution in [0.1, 0.15) is 28.8 Å². The van der Waals surface area contributed by atoms with Crippen LogP contribution in [0.5, 0.6) is 0 Å². The molecule has 0 bridgehead atoms. The molecule has 19 heavy (non-hydrogen) atoms. The minimum Gasteiger partial charge on any atom is -0.398 e. The average molecular weight is 262 g/mol. The molecule has 4 nitrogen and oxygen atoms in total. The van der Waals surface area contributed by atoms with Crippen molar-refractivity contribution in [3.8, 4) is 0 Å². The van der Waals surface area contributed by atoms with Crippen LogP contribution in [0.3, 0.4) is 0 Å². The van der Waals surface area contributed by atoms with Crippen molar-refractivity contribution in [2.45, 2.75) is 19.8 Å². The number of hydrogen-bond donors (Lipinski definition) is 1. The van der Waals surface area contributed by atoms with Gasteiger partial charge in [0.25, 0.3) is 5.91 Å². The Balaban J connectivity index is 1.99. The van der Waals surface area contributed by atoms with Crippen molar-refractivity contribution in [2.75, 3.05) is 32.5 Å². The molecular formula is C15H22N2O2. The maximum absolute atomic E-state index is 12.3. The van der Waals surface area contributed by atoms with E-state index in [1.54, 1.807) is 11.0 Å². The minimum absolute atomic E-state index is 0.0253. The monoisotopic (exact) mass is 262 g/mol. The second kappa shape index (κ2) is 6.06. The summed E-state index contributed by atoms with van der Waals surface area (Å²) >= 11 is 0. The van der Waals surface area contributed by atoms with Gasteiger partial charge in [-0.15, -0.1) is 0 Å². The first kappa shape index (κ1) is 13.9. The van der Waals surface area contributed by atoms with E-state index in [-0.39, 0.29) is 5.91 Å². The maximum Gasteiger partial charge on any atom is 0.253 e. The molecule has 1 aromatic rings. The van der Waals surface area contributed by atoms with Crippen molar-refractivity contribution >= 4 is 11.6 Å². The third kappa shape index (κ3) is 3.47. The van der Waals surface area contributed by atoms with E-state index >= 15 is 0 Å². The number of carbonyl (C=O) groups excluding carboxylic acids is 1. The van der Waals surface area contributed by atoms with E-state index < -0.39 is 0 Å². The zero-order valence-corrected chi connectivity index (χ0v) is 11.7. The summed E-state index contributed by atoms with van der Waals surface area (Å²) in [4.78, 5) is 14.1. The fraction of sp³-hybridized carbons (Fsp3) is 0.533. The minimum atomic E-state index is 0.0253. The van der Waals surface area contributed by atoms with Gasteiger partial charge in [-0.05, 0) is 43.4 Å². The highest BCUT2D eigenvalue weighted by atomic mass is 16.5. The Kier molecular flexibility index (Phi) is 4.43. The lowest BCUT2D eigenvalue weighted by Crippen LogP contribution is -2.35. The molecule has 4 heteroatoms. The Morgan fingerprint density at radius 2 is 2.32 bits per heavy atom. The summed E-state index contributed by atoms with van der Waals surface area (Å²) in [6.07, 6.45) is 2.22. The van der Waals surface area contributed by atoms with Crippen molar-refractivity contribution in [2.24, 2.45) is 5.92 Å². The number of aryl methyl sites for hydroxylation is 1. The molecule has 1 aliphatic heterocycles. The van der Waals surface area contributed by atoms with Gasteiger partial charge in [0.1, 0.15) is 0 Å². The van der Waals surface area contributed by atoms with Crippen molar-refractivity contribution < 1.29 is 9.53 Å². The molecule has 2 N–H and O–H groups in total. The first-order valence-corrected chi connectivity index (χ1v) is 6.77. The Hall–Kier alpha value is -1.55. The first-order chi connectivity index (χ1) is 9.08. The molecule has 0 radical (unpaired) electrons. The third-order valence-corrected chi connectivity index (χ3v) is 3.66. The highest BCUT2D eigenvalue weighted by molar-refractivity contribution is 5.95. The number of hydrogen-bond acceptors (Lipinski definition) is 3. The molecular weight excluding hydrogens is 240 g/mol. The van der Waals surface area contributed by atoms with Gasteiger partial charge >= 0.3 is 0 Å². The molecule has 0 spiro atoms. The number of nitrogen functional groups attached to an aromatic ring is 1. The van der Waals surface area contributed by atoms with Crippen LogP contribution in [-0.2, 0) is 4.74 Å². The van der Waals surface area contributed by atoms with Crippen LogP contribution in [0.4, 0.5) is 5.69 Å². The SMILES string of the molecule is Cc1ccc(C(=O)N(C)CC2CCCOC2)cc1N. The molecule has 0 saturated carbocycles. The predicted octanol–water partition coefficient (Wildman–Crippen LogP) is 2.08. The Morgan fingerprint density at radius 3 is 2.95 bits per heavy atom. The second-order valence-electron chi connectivity index (χ2n) is 5.34. The number of anilines is 1. The molecule has 1 aliphatic rings. The van der Waals surface area contributed by atoms with E-state index in [0.717, 1.165) is 38.2 Å². The van der Waals surface area contributed by atoms with E-state index in [0.29, 0.717) is 17.2 Å². The molecule has 1 atom stereocenters. The lowest BCUT2D eigenvalue weighted by molar-refractivity contribution is 0.0388. The summed E-state index contributed by atoms with van der Waals surface area (Å²) in [5.41, 5.74) is 8.17. The highest BCUT2D eigenvalue weighted by Gasteiger charge is 2.19. The molecule has 1 heterocycles. The number of amides is 1. The van der Waals surface area contributed by atoms with Crippen molar-refractivity contribution in [3.63, 3.8) is 0 Å². The lowest BCUT2D eigenvalue weighted by Gasteiger charge is -2.27. The van der Waals surface area contributed by atoms with Crippen LogP contribution in [0.15, 0.2) is 18.2 Å². The predicted molar refractivity (Wildman–Crippen MR) is 76.1 cm³/mol. The lowest BCUT2D eigenvalue weighted by atomic mass is 10.0. The van der Waals surface area contributed by atoms with Crippen LogP contribution in [-0.4, -0.2) is 37.6 Å². The third-order valence-electron chi connectivity index (χ3n) is 3.66. The Bertz CT molecular complexity index is 453. The average Bonchev–Trinajstić information content (AvgIpc) is 2.42. The van der Waals surface area contributed by atoms with Gasteiger partial charge in [0.15, 0.2) is 0 Å². The van der Waals surface area contributed by atoms with Gasteiger partial charge in [-0.25, -0.2) is 0 Å². The van der Waals surface area contributed by atoms with E-state index in [2.05, 4.69) is 0 Å². The highest BCUT2D eigenvalue weighted by Crippen LogP contribution is 2.17. The number of ether oxygens (including phenoxy) is 1. The topological polar surface area (TPSA) is 55.6 Å². The largest absolute Gasteiger partial charge is 0.398 e. The fourth-order valence-corrected chi connectivity index (χ4v) is 2.42. The van der Waals surface area contributed by atoms with Crippen LogP contribution in [0.25, 0.3) is 0 Å². The second-order valence-corrected chi connectivity index (χ2v) is 5.34. The van der Waals surface area contributed by atoms with Gasteiger partial charge in [0, 0.05) is 31.5 Å². The zero-order chi connectivity index (χ0) is 13.8. The molecule has 104 valence electrons. The number of rotatable bonds is 3. The van der Waals surface area contributed by atoms with Crippen molar-refractivity contribution in [1.29, 1.82) is 0 Å². The number of carbonyl (C=O) groups is 1. The molecule has 1 unspecified atom stereocenters. The van der Waals surface area contributed by atoms with Crippen LogP contribution in [0.2, 0.25) is 0 Å². The van der Waals surface area contributed by atoms with Gasteiger partial charge in [0.05, 0.1) is 6.61 Å². The molecule has 1 fully saturated rings. The first-order valence-electron chi connectivity index (χ1n) is 6.77. The number of nitrogens with zero attached hydrogens (tertiary/aromatic N) is 1. The van der Waals surface area contributed by atoms with E-state index in [9.17, 15) is 4.79 Å².